The number of aromatic nitrogens is 1. The summed E-state index contributed by atoms with van der Waals surface area (Å²) in [5.74, 6) is 0. The van der Waals surface area contributed by atoms with Gasteiger partial charge in [-0.1, -0.05) is 65.2 Å². The third-order valence-electron chi connectivity index (χ3n) is 4.25. The highest BCUT2D eigenvalue weighted by Crippen LogP contribution is 2.22. The fraction of sp³-hybridized carbons (Fsp3) is 0.737. The molecule has 1 atom stereocenters. The maximum absolute atomic E-state index is 4.29. The Morgan fingerprint density at radius 2 is 1.67 bits per heavy atom. The number of pyridine rings is 1. The fourth-order valence-electron chi connectivity index (χ4n) is 2.94. The van der Waals surface area contributed by atoms with Crippen LogP contribution in [0.1, 0.15) is 88.8 Å². The van der Waals surface area contributed by atoms with Gasteiger partial charge >= 0.3 is 0 Å². The molecule has 1 aromatic rings. The molecule has 0 aliphatic rings. The minimum Gasteiger partial charge on any atom is -0.310 e. The highest BCUT2D eigenvalue weighted by Gasteiger charge is 2.12. The van der Waals surface area contributed by atoms with Crippen LogP contribution >= 0.6 is 0 Å². The molecule has 2 heteroatoms. The van der Waals surface area contributed by atoms with E-state index in [1.807, 2.05) is 12.4 Å². The zero-order valence-electron chi connectivity index (χ0n) is 14.3. The van der Waals surface area contributed by atoms with Crippen molar-refractivity contribution in [3.63, 3.8) is 0 Å². The molecule has 0 radical (unpaired) electrons. The van der Waals surface area contributed by atoms with Crippen molar-refractivity contribution in [1.82, 2.24) is 10.3 Å². The van der Waals surface area contributed by atoms with Gasteiger partial charge in [0.1, 0.15) is 0 Å². The molecule has 120 valence electrons. The standard InChI is InChI=1S/C19H34N2/c1-4-6-7-8-9-10-11-12-13-19(21-5-2)18-16-20-15-14-17(18)3/h14-16,19,21H,4-13H2,1-3H3. The zero-order chi connectivity index (χ0) is 15.3. The highest BCUT2D eigenvalue weighted by molar-refractivity contribution is 5.24. The largest absolute Gasteiger partial charge is 0.310 e. The van der Waals surface area contributed by atoms with Crippen molar-refractivity contribution in [3.8, 4) is 0 Å². The molecule has 0 bridgehead atoms. The van der Waals surface area contributed by atoms with Crippen LogP contribution in [0.2, 0.25) is 0 Å². The Morgan fingerprint density at radius 3 is 2.29 bits per heavy atom. The van der Waals surface area contributed by atoms with Crippen molar-refractivity contribution < 1.29 is 0 Å². The van der Waals surface area contributed by atoms with Crippen LogP contribution in [0.5, 0.6) is 0 Å². The van der Waals surface area contributed by atoms with Gasteiger partial charge in [0.2, 0.25) is 0 Å². The van der Waals surface area contributed by atoms with Crippen LogP contribution < -0.4 is 5.32 Å². The molecule has 0 saturated carbocycles. The Morgan fingerprint density at radius 1 is 1.00 bits per heavy atom. The second-order valence-corrected chi connectivity index (χ2v) is 6.11. The lowest BCUT2D eigenvalue weighted by atomic mass is 9.97. The van der Waals surface area contributed by atoms with Gasteiger partial charge in [0.15, 0.2) is 0 Å². The van der Waals surface area contributed by atoms with E-state index in [1.165, 1.54) is 68.9 Å². The van der Waals surface area contributed by atoms with E-state index in [-0.39, 0.29) is 0 Å². The third-order valence-corrected chi connectivity index (χ3v) is 4.25. The van der Waals surface area contributed by atoms with Gasteiger partial charge in [-0.3, -0.25) is 4.98 Å². The number of nitrogens with one attached hydrogen (secondary N) is 1. The van der Waals surface area contributed by atoms with Crippen LogP contribution in [0.4, 0.5) is 0 Å². The Hall–Kier alpha value is -0.890. The molecule has 0 amide bonds. The molecule has 0 fully saturated rings. The molecule has 1 N–H and O–H groups in total. The molecule has 0 spiro atoms. The van der Waals surface area contributed by atoms with Crippen LogP contribution in [0.3, 0.4) is 0 Å². The molecule has 1 unspecified atom stereocenters. The van der Waals surface area contributed by atoms with Crippen molar-refractivity contribution in [2.45, 2.75) is 84.6 Å². The van der Waals surface area contributed by atoms with Gasteiger partial charge in [-0.05, 0) is 37.1 Å². The van der Waals surface area contributed by atoms with E-state index in [0.717, 1.165) is 6.54 Å². The summed E-state index contributed by atoms with van der Waals surface area (Å²) >= 11 is 0. The monoisotopic (exact) mass is 290 g/mol. The molecule has 0 aliphatic carbocycles. The summed E-state index contributed by atoms with van der Waals surface area (Å²) < 4.78 is 0. The molecule has 1 rings (SSSR count). The lowest BCUT2D eigenvalue weighted by Crippen LogP contribution is -2.21. The van der Waals surface area contributed by atoms with E-state index in [9.17, 15) is 0 Å². The molecule has 0 aliphatic heterocycles. The normalized spacial score (nSPS) is 12.5. The van der Waals surface area contributed by atoms with Gasteiger partial charge in [0.05, 0.1) is 0 Å². The summed E-state index contributed by atoms with van der Waals surface area (Å²) in [6.07, 6.45) is 16.2. The minimum atomic E-state index is 0.476. The first-order valence-corrected chi connectivity index (χ1v) is 8.93. The van der Waals surface area contributed by atoms with Crippen LogP contribution in [0.15, 0.2) is 18.5 Å². The molecular formula is C19H34N2. The maximum atomic E-state index is 4.29. The number of unbranched alkanes of at least 4 members (excludes halogenated alkanes) is 7. The van der Waals surface area contributed by atoms with Crippen molar-refractivity contribution in [2.24, 2.45) is 0 Å². The molecule has 1 heterocycles. The average molecular weight is 290 g/mol. The molecule has 2 nitrogen and oxygen atoms in total. The van der Waals surface area contributed by atoms with Gasteiger partial charge in [-0.2, -0.15) is 0 Å². The quantitative estimate of drug-likeness (QED) is 0.509. The first kappa shape index (κ1) is 18.2. The minimum absolute atomic E-state index is 0.476. The van der Waals surface area contributed by atoms with Crippen LogP contribution in [-0.4, -0.2) is 11.5 Å². The SMILES string of the molecule is CCCCCCCCCCC(NCC)c1cnccc1C. The summed E-state index contributed by atoms with van der Waals surface area (Å²) in [4.78, 5) is 4.29. The first-order chi connectivity index (χ1) is 10.3. The van der Waals surface area contributed by atoms with Gasteiger partial charge < -0.3 is 5.32 Å². The lowest BCUT2D eigenvalue weighted by molar-refractivity contribution is 0.472. The van der Waals surface area contributed by atoms with E-state index in [2.05, 4.69) is 37.1 Å². The predicted octanol–water partition coefficient (Wildman–Crippen LogP) is 5.57. The smallest absolute Gasteiger partial charge is 0.0338 e. The van der Waals surface area contributed by atoms with Crippen molar-refractivity contribution in [3.05, 3.63) is 29.6 Å². The number of nitrogens with zero attached hydrogens (tertiary/aromatic N) is 1. The zero-order valence-corrected chi connectivity index (χ0v) is 14.3. The van der Waals surface area contributed by atoms with Crippen molar-refractivity contribution >= 4 is 0 Å². The number of aryl methyl sites for hydroxylation is 1. The Bertz CT molecular complexity index is 362. The summed E-state index contributed by atoms with van der Waals surface area (Å²) in [7, 11) is 0. The number of rotatable bonds is 12. The predicted molar refractivity (Wildman–Crippen MR) is 92.6 cm³/mol. The second-order valence-electron chi connectivity index (χ2n) is 6.11. The summed E-state index contributed by atoms with van der Waals surface area (Å²) in [6, 6.07) is 2.59. The van der Waals surface area contributed by atoms with Gasteiger partial charge in [-0.25, -0.2) is 0 Å². The maximum Gasteiger partial charge on any atom is 0.0338 e. The summed E-state index contributed by atoms with van der Waals surface area (Å²) in [5, 5.41) is 3.62. The highest BCUT2D eigenvalue weighted by atomic mass is 14.9. The van der Waals surface area contributed by atoms with Gasteiger partial charge in [-0.15, -0.1) is 0 Å². The van der Waals surface area contributed by atoms with E-state index in [1.54, 1.807) is 0 Å². The average Bonchev–Trinajstić information content (AvgIpc) is 2.49. The molecule has 21 heavy (non-hydrogen) atoms. The molecule has 1 aromatic heterocycles. The Kier molecular flexibility index (Phi) is 10.1. The number of hydrogen-bond acceptors (Lipinski definition) is 2. The molecule has 0 aromatic carbocycles. The van der Waals surface area contributed by atoms with Crippen LogP contribution in [0, 0.1) is 6.92 Å². The fourth-order valence-corrected chi connectivity index (χ4v) is 2.94. The van der Waals surface area contributed by atoms with Crippen molar-refractivity contribution in [2.75, 3.05) is 6.54 Å². The second kappa shape index (κ2) is 11.7. The molecule has 0 saturated heterocycles. The number of hydrogen-bond donors (Lipinski definition) is 1. The summed E-state index contributed by atoms with van der Waals surface area (Å²) in [6.45, 7) is 7.68. The lowest BCUT2D eigenvalue weighted by Gasteiger charge is -2.19. The van der Waals surface area contributed by atoms with Crippen LogP contribution in [0.25, 0.3) is 0 Å². The van der Waals surface area contributed by atoms with E-state index < -0.39 is 0 Å². The Balaban J connectivity index is 2.25. The van der Waals surface area contributed by atoms with Crippen LogP contribution in [-0.2, 0) is 0 Å². The summed E-state index contributed by atoms with van der Waals surface area (Å²) in [5.41, 5.74) is 2.73. The van der Waals surface area contributed by atoms with E-state index >= 15 is 0 Å². The Labute approximate surface area is 131 Å². The van der Waals surface area contributed by atoms with Crippen molar-refractivity contribution in [1.29, 1.82) is 0 Å². The first-order valence-electron chi connectivity index (χ1n) is 8.93. The van der Waals surface area contributed by atoms with E-state index in [0.29, 0.717) is 6.04 Å². The third kappa shape index (κ3) is 7.61. The van der Waals surface area contributed by atoms with Gasteiger partial charge in [0, 0.05) is 18.4 Å². The topological polar surface area (TPSA) is 24.9 Å². The van der Waals surface area contributed by atoms with Gasteiger partial charge in [0.25, 0.3) is 0 Å². The van der Waals surface area contributed by atoms with E-state index in [4.69, 9.17) is 0 Å². The molecular weight excluding hydrogens is 256 g/mol.